The number of hydrogen-bond donors (Lipinski definition) is 1. The van der Waals surface area contributed by atoms with Crippen LogP contribution in [0.2, 0.25) is 0 Å². The molecule has 1 atom stereocenters. The molecule has 36 heavy (non-hydrogen) atoms. The van der Waals surface area contributed by atoms with Crippen molar-refractivity contribution in [2.75, 3.05) is 7.11 Å². The number of fused-ring (bicyclic) bond motifs is 1. The predicted octanol–water partition coefficient (Wildman–Crippen LogP) is 4.70. The highest BCUT2D eigenvalue weighted by atomic mass is 16.5. The molecule has 1 fully saturated rings. The number of nitrogens with zero attached hydrogens (tertiary/aromatic N) is 5. The lowest BCUT2D eigenvalue weighted by Crippen LogP contribution is -2.43. The molecule has 9 nitrogen and oxygen atoms in total. The monoisotopic (exact) mass is 490 g/mol. The van der Waals surface area contributed by atoms with Crippen LogP contribution in [0.25, 0.3) is 10.9 Å². The van der Waals surface area contributed by atoms with Crippen molar-refractivity contribution in [1.29, 1.82) is 0 Å². The molecule has 9 heteroatoms. The van der Waals surface area contributed by atoms with Crippen molar-refractivity contribution >= 4 is 10.9 Å². The molecule has 0 spiro atoms. The van der Waals surface area contributed by atoms with Crippen LogP contribution in [0.5, 0.6) is 5.75 Å². The van der Waals surface area contributed by atoms with Gasteiger partial charge in [0.15, 0.2) is 5.82 Å². The molecule has 0 bridgehead atoms. The summed E-state index contributed by atoms with van der Waals surface area (Å²) in [5, 5.41) is 13.8. The Morgan fingerprint density at radius 3 is 2.75 bits per heavy atom. The van der Waals surface area contributed by atoms with E-state index in [1.807, 2.05) is 41.1 Å². The number of tetrazole rings is 1. The first kappa shape index (κ1) is 24.2. The van der Waals surface area contributed by atoms with Crippen molar-refractivity contribution in [3.05, 3.63) is 70.2 Å². The quantitative estimate of drug-likeness (QED) is 0.363. The SMILES string of the molecule is COc1ccc2cc(CN(C3CCCCC3)C(c3nnnn3Cc3ccco3)C(C)C)c(=O)[nH]c2c1. The molecule has 5 rings (SSSR count). The minimum Gasteiger partial charge on any atom is -0.497 e. The second-order valence-corrected chi connectivity index (χ2v) is 10.0. The van der Waals surface area contributed by atoms with Gasteiger partial charge in [-0.2, -0.15) is 0 Å². The minimum absolute atomic E-state index is 0.0518. The molecule has 0 amide bonds. The molecule has 1 saturated carbocycles. The molecule has 3 heterocycles. The van der Waals surface area contributed by atoms with Crippen LogP contribution in [0.4, 0.5) is 0 Å². The number of hydrogen-bond acceptors (Lipinski definition) is 7. The Kier molecular flexibility index (Phi) is 7.18. The lowest BCUT2D eigenvalue weighted by Gasteiger charge is -2.41. The smallest absolute Gasteiger partial charge is 0.252 e. The second kappa shape index (κ2) is 10.7. The molecule has 190 valence electrons. The molecule has 3 aromatic heterocycles. The normalized spacial score (nSPS) is 15.7. The third-order valence-electron chi connectivity index (χ3n) is 7.23. The van der Waals surface area contributed by atoms with Crippen molar-refractivity contribution in [3.8, 4) is 5.75 Å². The standard InChI is InChI=1S/C27H34N6O3/c1-18(2)25(26-29-30-31-33(26)17-23-10-7-13-36-23)32(21-8-5-4-6-9-21)16-20-14-19-11-12-22(35-3)15-24(19)28-27(20)34/h7,10-15,18,21,25H,4-6,8-9,16-17H2,1-3H3,(H,28,34). The molecule has 0 aliphatic heterocycles. The number of aromatic amines is 1. The molecule has 1 aliphatic rings. The van der Waals surface area contributed by atoms with Gasteiger partial charge in [-0.25, -0.2) is 4.68 Å². The number of furan rings is 1. The molecule has 0 saturated heterocycles. The third kappa shape index (κ3) is 5.06. The van der Waals surface area contributed by atoms with Gasteiger partial charge in [0, 0.05) is 24.2 Å². The maximum atomic E-state index is 13.2. The van der Waals surface area contributed by atoms with E-state index in [9.17, 15) is 4.79 Å². The summed E-state index contributed by atoms with van der Waals surface area (Å²) in [6.45, 7) is 5.39. The van der Waals surface area contributed by atoms with E-state index in [2.05, 4.69) is 39.3 Å². The minimum atomic E-state index is -0.0748. The van der Waals surface area contributed by atoms with Gasteiger partial charge in [-0.05, 0) is 64.9 Å². The zero-order chi connectivity index (χ0) is 25.1. The van der Waals surface area contributed by atoms with E-state index in [1.54, 1.807) is 13.4 Å². The van der Waals surface area contributed by atoms with E-state index in [0.717, 1.165) is 46.6 Å². The third-order valence-corrected chi connectivity index (χ3v) is 7.23. The van der Waals surface area contributed by atoms with Crippen molar-refractivity contribution in [1.82, 2.24) is 30.1 Å². The molecule has 4 aromatic rings. The van der Waals surface area contributed by atoms with E-state index in [0.29, 0.717) is 19.1 Å². The number of rotatable bonds is 9. The zero-order valence-electron chi connectivity index (χ0n) is 21.2. The van der Waals surface area contributed by atoms with Gasteiger partial charge >= 0.3 is 0 Å². The molecule has 1 unspecified atom stereocenters. The van der Waals surface area contributed by atoms with Gasteiger partial charge in [-0.1, -0.05) is 33.1 Å². The van der Waals surface area contributed by atoms with Crippen molar-refractivity contribution in [2.24, 2.45) is 5.92 Å². The highest BCUT2D eigenvalue weighted by Crippen LogP contribution is 2.35. The summed E-state index contributed by atoms with van der Waals surface area (Å²) in [7, 11) is 1.63. The van der Waals surface area contributed by atoms with Gasteiger partial charge in [0.1, 0.15) is 18.1 Å². The summed E-state index contributed by atoms with van der Waals surface area (Å²) < 4.78 is 12.7. The average Bonchev–Trinajstić information content (AvgIpc) is 3.57. The predicted molar refractivity (Wildman–Crippen MR) is 137 cm³/mol. The topological polar surface area (TPSA) is 102 Å². The van der Waals surface area contributed by atoms with Crippen LogP contribution < -0.4 is 10.3 Å². The first-order valence-electron chi connectivity index (χ1n) is 12.8. The van der Waals surface area contributed by atoms with Crippen LogP contribution in [-0.4, -0.2) is 43.2 Å². The van der Waals surface area contributed by atoms with Gasteiger partial charge in [-0.3, -0.25) is 9.69 Å². The number of benzene rings is 1. The van der Waals surface area contributed by atoms with Gasteiger partial charge in [0.05, 0.1) is 24.9 Å². The highest BCUT2D eigenvalue weighted by molar-refractivity contribution is 5.80. The average molecular weight is 491 g/mol. The number of methoxy groups -OCH3 is 1. The van der Waals surface area contributed by atoms with E-state index < -0.39 is 0 Å². The fourth-order valence-electron chi connectivity index (χ4n) is 5.45. The molecular weight excluding hydrogens is 456 g/mol. The first-order chi connectivity index (χ1) is 17.5. The molecular formula is C27H34N6O3. The molecule has 1 aliphatic carbocycles. The second-order valence-electron chi connectivity index (χ2n) is 10.0. The van der Waals surface area contributed by atoms with Crippen LogP contribution in [-0.2, 0) is 13.1 Å². The Morgan fingerprint density at radius 2 is 2.03 bits per heavy atom. The largest absolute Gasteiger partial charge is 0.497 e. The van der Waals surface area contributed by atoms with Gasteiger partial charge < -0.3 is 14.1 Å². The van der Waals surface area contributed by atoms with E-state index in [4.69, 9.17) is 9.15 Å². The lowest BCUT2D eigenvalue weighted by molar-refractivity contribution is 0.0610. The fourth-order valence-corrected chi connectivity index (χ4v) is 5.45. The van der Waals surface area contributed by atoms with Gasteiger partial charge in [0.2, 0.25) is 0 Å². The van der Waals surface area contributed by atoms with Crippen molar-refractivity contribution in [3.63, 3.8) is 0 Å². The van der Waals surface area contributed by atoms with Crippen LogP contribution in [0.3, 0.4) is 0 Å². The summed E-state index contributed by atoms with van der Waals surface area (Å²) in [5.74, 6) is 2.56. The maximum Gasteiger partial charge on any atom is 0.252 e. The van der Waals surface area contributed by atoms with Crippen LogP contribution in [0.15, 0.2) is 51.9 Å². The summed E-state index contributed by atoms with van der Waals surface area (Å²) in [6.07, 6.45) is 7.51. The Balaban J connectivity index is 1.53. The fraction of sp³-hybridized carbons (Fsp3) is 0.481. The molecule has 1 N–H and O–H groups in total. The Morgan fingerprint density at radius 1 is 1.19 bits per heavy atom. The lowest BCUT2D eigenvalue weighted by atomic mass is 9.90. The van der Waals surface area contributed by atoms with Crippen molar-refractivity contribution in [2.45, 2.75) is 71.1 Å². The van der Waals surface area contributed by atoms with E-state index >= 15 is 0 Å². The molecule has 1 aromatic carbocycles. The Bertz CT molecular complexity index is 1340. The summed E-state index contributed by atoms with van der Waals surface area (Å²) in [5.41, 5.74) is 1.44. The number of H-pyrrole nitrogens is 1. The van der Waals surface area contributed by atoms with Crippen LogP contribution in [0, 0.1) is 5.92 Å². The summed E-state index contributed by atoms with van der Waals surface area (Å²) in [4.78, 5) is 18.8. The Labute approximate surface area is 210 Å². The number of nitrogens with one attached hydrogen (secondary N) is 1. The van der Waals surface area contributed by atoms with Gasteiger partial charge in [0.25, 0.3) is 5.56 Å². The zero-order valence-corrected chi connectivity index (χ0v) is 21.2. The first-order valence-corrected chi connectivity index (χ1v) is 12.8. The number of pyridine rings is 1. The summed E-state index contributed by atoms with van der Waals surface area (Å²) >= 11 is 0. The van der Waals surface area contributed by atoms with Crippen LogP contribution >= 0.6 is 0 Å². The maximum absolute atomic E-state index is 13.2. The number of ether oxygens (including phenoxy) is 1. The number of aromatic nitrogens is 5. The molecule has 0 radical (unpaired) electrons. The van der Waals surface area contributed by atoms with Crippen LogP contribution in [0.1, 0.15) is 69.1 Å². The van der Waals surface area contributed by atoms with Gasteiger partial charge in [-0.15, -0.1) is 5.10 Å². The summed E-state index contributed by atoms with van der Waals surface area (Å²) in [6, 6.07) is 11.9. The highest BCUT2D eigenvalue weighted by Gasteiger charge is 2.35. The van der Waals surface area contributed by atoms with E-state index in [-0.39, 0.29) is 17.5 Å². The Hall–Kier alpha value is -3.46. The van der Waals surface area contributed by atoms with Crippen molar-refractivity contribution < 1.29 is 9.15 Å². The van der Waals surface area contributed by atoms with E-state index in [1.165, 1.54) is 19.3 Å².